The van der Waals surface area contributed by atoms with Gasteiger partial charge in [-0.05, 0) is 81.3 Å². The van der Waals surface area contributed by atoms with E-state index in [0.717, 1.165) is 94.1 Å². The Balaban J connectivity index is -0.00000270. The number of ketones is 1. The van der Waals surface area contributed by atoms with Crippen molar-refractivity contribution in [1.82, 2.24) is 0 Å². The average molecular weight is 745 g/mol. The molecule has 1 atom stereocenters. The molecule has 0 aliphatic heterocycles. The van der Waals surface area contributed by atoms with Crippen LogP contribution in [0.25, 0.3) is 0 Å². The summed E-state index contributed by atoms with van der Waals surface area (Å²) in [5.41, 5.74) is 1.18. The maximum Gasteiger partial charge on any atom is 0.266 e. The van der Waals surface area contributed by atoms with Crippen LogP contribution >= 0.6 is 0 Å². The standard InChI is InChI=1S/C39H68F4O.C6H14.C2H6/c1-5-7-21-31-38(40,41)33-23-19-28-36(4)27-16-12-9-11-15-25-35(3)26-17-13-10-14-18-29-37(44)30-20-24-34-39(42,43)32-22-8-6-2;1-5(2)6(3)4;1-2/h23-24,33-35H,4-22,25-32H2,1-3H3;5-6H,1-4H3;1-2H3/b33-23+,34-24+;;. The molecule has 0 aromatic heterocycles. The van der Waals surface area contributed by atoms with Gasteiger partial charge in [-0.3, -0.25) is 4.79 Å². The first-order valence-corrected chi connectivity index (χ1v) is 21.9. The van der Waals surface area contributed by atoms with Gasteiger partial charge in [0, 0.05) is 25.7 Å². The molecule has 52 heavy (non-hydrogen) atoms. The Morgan fingerprint density at radius 1 is 0.538 bits per heavy atom. The van der Waals surface area contributed by atoms with Gasteiger partial charge in [-0.15, -0.1) is 0 Å². The normalized spacial score (nSPS) is 12.7. The molecule has 0 radical (unpaired) electrons. The zero-order valence-corrected chi connectivity index (χ0v) is 36.1. The zero-order valence-electron chi connectivity index (χ0n) is 36.1. The molecule has 0 bridgehead atoms. The Hall–Kier alpha value is -1.39. The quantitative estimate of drug-likeness (QED) is 0.0371. The predicted molar refractivity (Wildman–Crippen MR) is 224 cm³/mol. The summed E-state index contributed by atoms with van der Waals surface area (Å²) in [6, 6.07) is 0. The predicted octanol–water partition coefficient (Wildman–Crippen LogP) is 17.6. The van der Waals surface area contributed by atoms with Gasteiger partial charge in [0.1, 0.15) is 5.78 Å². The molecule has 0 heterocycles. The Kier molecular flexibility index (Phi) is 40.1. The van der Waals surface area contributed by atoms with Crippen molar-refractivity contribution in [3.63, 3.8) is 0 Å². The van der Waals surface area contributed by atoms with Gasteiger partial charge in [-0.25, -0.2) is 17.6 Å². The van der Waals surface area contributed by atoms with Gasteiger partial charge in [-0.1, -0.05) is 177 Å². The van der Waals surface area contributed by atoms with Crippen LogP contribution in [0.15, 0.2) is 36.5 Å². The number of hydrogen-bond donors (Lipinski definition) is 0. The van der Waals surface area contributed by atoms with Gasteiger partial charge in [0.15, 0.2) is 0 Å². The van der Waals surface area contributed by atoms with Crippen LogP contribution in [0.3, 0.4) is 0 Å². The molecule has 0 fully saturated rings. The lowest BCUT2D eigenvalue weighted by Gasteiger charge is -2.11. The van der Waals surface area contributed by atoms with E-state index in [9.17, 15) is 22.4 Å². The fraction of sp³-hybridized carbons (Fsp3) is 0.851. The minimum absolute atomic E-state index is 0.0437. The van der Waals surface area contributed by atoms with Crippen molar-refractivity contribution in [2.75, 3.05) is 0 Å². The number of alkyl halides is 4. The van der Waals surface area contributed by atoms with E-state index in [1.54, 1.807) is 6.08 Å². The molecular formula is C47H88F4O. The molecule has 5 heteroatoms. The molecule has 0 aromatic carbocycles. The van der Waals surface area contributed by atoms with Gasteiger partial charge in [-0.2, -0.15) is 0 Å². The molecule has 0 amide bonds. The molecular weight excluding hydrogens is 657 g/mol. The lowest BCUT2D eigenvalue weighted by Crippen LogP contribution is -2.11. The second-order valence-corrected chi connectivity index (χ2v) is 15.8. The number of halogens is 4. The SMILES string of the molecule is C=C(CC/C=C/C(F)(F)CCCCC)CCCCCCCC(C)CCCCCCCC(=O)CC/C=C/C(F)(F)CCCCC.CC.CC(C)C(C)C. The summed E-state index contributed by atoms with van der Waals surface area (Å²) in [5.74, 6) is -2.76. The first-order valence-electron chi connectivity index (χ1n) is 21.9. The van der Waals surface area contributed by atoms with Crippen molar-refractivity contribution in [3.8, 4) is 0 Å². The molecule has 0 aromatic rings. The van der Waals surface area contributed by atoms with E-state index in [1.165, 1.54) is 63.0 Å². The maximum atomic E-state index is 13.8. The van der Waals surface area contributed by atoms with E-state index < -0.39 is 11.8 Å². The van der Waals surface area contributed by atoms with Crippen molar-refractivity contribution in [1.29, 1.82) is 0 Å². The lowest BCUT2D eigenvalue weighted by molar-refractivity contribution is -0.119. The molecule has 0 saturated heterocycles. The van der Waals surface area contributed by atoms with Gasteiger partial charge in [0.25, 0.3) is 11.8 Å². The minimum Gasteiger partial charge on any atom is -0.300 e. The monoisotopic (exact) mass is 745 g/mol. The third kappa shape index (κ3) is 43.0. The summed E-state index contributed by atoms with van der Waals surface area (Å²) in [4.78, 5) is 12.0. The number of allylic oxidation sites excluding steroid dienone is 5. The third-order valence-corrected chi connectivity index (χ3v) is 9.92. The van der Waals surface area contributed by atoms with E-state index in [4.69, 9.17) is 0 Å². The second kappa shape index (κ2) is 37.9. The zero-order chi connectivity index (χ0) is 40.1. The molecule has 1 nitrogen and oxygen atoms in total. The largest absolute Gasteiger partial charge is 0.300 e. The summed E-state index contributed by atoms with van der Waals surface area (Å²) in [7, 11) is 0. The number of carbonyl (C=O) groups excluding carboxylic acids is 1. The van der Waals surface area contributed by atoms with Crippen LogP contribution in [-0.2, 0) is 4.79 Å². The fourth-order valence-corrected chi connectivity index (χ4v) is 5.57. The lowest BCUT2D eigenvalue weighted by atomic mass is 9.95. The fourth-order valence-electron chi connectivity index (χ4n) is 5.57. The summed E-state index contributed by atoms with van der Waals surface area (Å²) in [6.07, 6.45) is 28.0. The molecule has 0 aliphatic carbocycles. The van der Waals surface area contributed by atoms with Crippen LogP contribution in [0, 0.1) is 17.8 Å². The summed E-state index contributed by atoms with van der Waals surface area (Å²) in [5, 5.41) is 0. The van der Waals surface area contributed by atoms with E-state index in [-0.39, 0.29) is 18.6 Å². The molecule has 0 saturated carbocycles. The van der Waals surface area contributed by atoms with Gasteiger partial charge < -0.3 is 0 Å². The van der Waals surface area contributed by atoms with Gasteiger partial charge in [0.05, 0.1) is 0 Å². The van der Waals surface area contributed by atoms with Crippen molar-refractivity contribution in [3.05, 3.63) is 36.5 Å². The number of hydrogen-bond acceptors (Lipinski definition) is 1. The molecule has 0 spiro atoms. The van der Waals surface area contributed by atoms with Crippen LogP contribution in [0.4, 0.5) is 17.6 Å². The molecule has 0 rings (SSSR count). The minimum atomic E-state index is -2.74. The third-order valence-electron chi connectivity index (χ3n) is 9.92. The van der Waals surface area contributed by atoms with Crippen molar-refractivity contribution in [2.24, 2.45) is 17.8 Å². The van der Waals surface area contributed by atoms with Crippen molar-refractivity contribution in [2.45, 2.75) is 241 Å². The number of rotatable bonds is 33. The Morgan fingerprint density at radius 3 is 1.35 bits per heavy atom. The number of carbonyl (C=O) groups is 1. The highest BCUT2D eigenvalue weighted by molar-refractivity contribution is 5.78. The average Bonchev–Trinajstić information content (AvgIpc) is 3.09. The topological polar surface area (TPSA) is 17.1 Å². The molecule has 1 unspecified atom stereocenters. The smallest absolute Gasteiger partial charge is 0.266 e. The second-order valence-electron chi connectivity index (χ2n) is 15.8. The summed E-state index contributed by atoms with van der Waals surface area (Å²) < 4.78 is 54.9. The highest BCUT2D eigenvalue weighted by Gasteiger charge is 2.24. The Morgan fingerprint density at radius 2 is 0.923 bits per heavy atom. The van der Waals surface area contributed by atoms with Gasteiger partial charge in [0.2, 0.25) is 0 Å². The summed E-state index contributed by atoms with van der Waals surface area (Å²) >= 11 is 0. The molecule has 310 valence electrons. The van der Waals surface area contributed by atoms with E-state index in [1.807, 2.05) is 27.7 Å². The summed E-state index contributed by atoms with van der Waals surface area (Å²) in [6.45, 7) is 23.5. The van der Waals surface area contributed by atoms with E-state index >= 15 is 0 Å². The Bertz CT molecular complexity index is 774. The van der Waals surface area contributed by atoms with Gasteiger partial charge >= 0.3 is 0 Å². The van der Waals surface area contributed by atoms with Crippen molar-refractivity contribution < 1.29 is 22.4 Å². The number of unbranched alkanes of at least 4 members (excludes halogenated alkanes) is 12. The molecule has 0 N–H and O–H groups in total. The first-order chi connectivity index (χ1) is 24.7. The highest BCUT2D eigenvalue weighted by atomic mass is 19.3. The molecule has 0 aliphatic rings. The van der Waals surface area contributed by atoms with Crippen molar-refractivity contribution >= 4 is 5.78 Å². The van der Waals surface area contributed by atoms with Crippen LogP contribution in [-0.4, -0.2) is 17.6 Å². The Labute approximate surface area is 322 Å². The van der Waals surface area contributed by atoms with Crippen LogP contribution in [0.5, 0.6) is 0 Å². The highest BCUT2D eigenvalue weighted by Crippen LogP contribution is 2.25. The first kappa shape index (κ1) is 55.0. The van der Waals surface area contributed by atoms with E-state index in [2.05, 4.69) is 41.2 Å². The maximum absolute atomic E-state index is 13.8. The van der Waals surface area contributed by atoms with Crippen LogP contribution < -0.4 is 0 Å². The van der Waals surface area contributed by atoms with E-state index in [0.29, 0.717) is 38.5 Å². The number of Topliss-reactive ketones (excluding diaryl/α,β-unsaturated/α-hetero) is 1. The van der Waals surface area contributed by atoms with Crippen LogP contribution in [0.2, 0.25) is 0 Å². The van der Waals surface area contributed by atoms with Crippen LogP contribution in [0.1, 0.15) is 229 Å².